The van der Waals surface area contributed by atoms with Gasteiger partial charge in [0.25, 0.3) is 0 Å². The molecule has 1 atom stereocenters. The van der Waals surface area contributed by atoms with Crippen LogP contribution < -0.4 is 5.32 Å². The molecule has 7 nitrogen and oxygen atoms in total. The second kappa shape index (κ2) is 13.6. The molecule has 1 aromatic rings. The van der Waals surface area contributed by atoms with Gasteiger partial charge >= 0.3 is 18.0 Å². The number of amides is 1. The van der Waals surface area contributed by atoms with Crippen LogP contribution in [0.15, 0.2) is 30.3 Å². The summed E-state index contributed by atoms with van der Waals surface area (Å²) in [5.74, 6) is -1.33. The first-order valence-corrected chi connectivity index (χ1v) is 9.38. The molecule has 0 aliphatic heterocycles. The summed E-state index contributed by atoms with van der Waals surface area (Å²) < 4.78 is 10.1. The summed E-state index contributed by atoms with van der Waals surface area (Å²) in [6.07, 6.45) is 3.59. The van der Waals surface area contributed by atoms with Crippen molar-refractivity contribution in [2.75, 3.05) is 6.61 Å². The number of carbonyl (C=O) groups excluding carboxylic acids is 2. The lowest BCUT2D eigenvalue weighted by Gasteiger charge is -2.14. The molecule has 0 bridgehead atoms. The summed E-state index contributed by atoms with van der Waals surface area (Å²) in [7, 11) is 0. The molecule has 0 aromatic heterocycles. The van der Waals surface area contributed by atoms with Crippen molar-refractivity contribution in [3.05, 3.63) is 35.9 Å². The summed E-state index contributed by atoms with van der Waals surface area (Å²) in [6.45, 7) is 2.56. The van der Waals surface area contributed by atoms with Gasteiger partial charge in [-0.05, 0) is 24.8 Å². The fourth-order valence-electron chi connectivity index (χ4n) is 2.36. The average molecular weight is 379 g/mol. The van der Waals surface area contributed by atoms with E-state index in [1.54, 1.807) is 0 Å². The molecule has 0 saturated heterocycles. The number of aliphatic carboxylic acids is 1. The Morgan fingerprint density at radius 3 is 2.44 bits per heavy atom. The van der Waals surface area contributed by atoms with E-state index in [0.29, 0.717) is 32.3 Å². The third-order valence-electron chi connectivity index (χ3n) is 3.94. The minimum absolute atomic E-state index is 0.0825. The maximum Gasteiger partial charge on any atom is 0.408 e. The van der Waals surface area contributed by atoms with Crippen molar-refractivity contribution in [2.45, 2.75) is 64.5 Å². The quantitative estimate of drug-likeness (QED) is 0.401. The van der Waals surface area contributed by atoms with Crippen LogP contribution in [-0.4, -0.2) is 35.8 Å². The van der Waals surface area contributed by atoms with Crippen LogP contribution in [0.5, 0.6) is 0 Å². The molecule has 0 radical (unpaired) electrons. The van der Waals surface area contributed by atoms with Gasteiger partial charge < -0.3 is 19.9 Å². The minimum Gasteiger partial charge on any atom is -0.480 e. The van der Waals surface area contributed by atoms with Gasteiger partial charge in [-0.25, -0.2) is 9.59 Å². The zero-order valence-corrected chi connectivity index (χ0v) is 15.8. The number of carboxylic acids is 1. The highest BCUT2D eigenvalue weighted by atomic mass is 16.5. The van der Waals surface area contributed by atoms with E-state index in [4.69, 9.17) is 9.47 Å². The van der Waals surface area contributed by atoms with E-state index in [-0.39, 0.29) is 19.0 Å². The predicted octanol–water partition coefficient (Wildman–Crippen LogP) is 3.66. The molecule has 0 heterocycles. The Morgan fingerprint density at radius 2 is 1.78 bits per heavy atom. The van der Waals surface area contributed by atoms with Crippen LogP contribution in [0.1, 0.15) is 57.4 Å². The highest BCUT2D eigenvalue weighted by molar-refractivity contribution is 5.79. The zero-order chi connectivity index (χ0) is 19.9. The Balaban J connectivity index is 2.20. The summed E-state index contributed by atoms with van der Waals surface area (Å²) in [4.78, 5) is 34.5. The van der Waals surface area contributed by atoms with Crippen molar-refractivity contribution >= 4 is 18.0 Å². The van der Waals surface area contributed by atoms with Crippen LogP contribution in [0, 0.1) is 0 Å². The molecule has 7 heteroatoms. The van der Waals surface area contributed by atoms with Gasteiger partial charge in [0.2, 0.25) is 0 Å². The Bertz CT molecular complexity index is 575. The molecule has 0 aliphatic carbocycles. The Kier molecular flexibility index (Phi) is 11.3. The number of hydrogen-bond donors (Lipinski definition) is 2. The number of rotatable bonds is 13. The SMILES string of the molecule is CCCCOC(=O)CCCCC[C@H](NC(=O)OCc1ccccc1)C(=O)O. The lowest BCUT2D eigenvalue weighted by atomic mass is 10.1. The lowest BCUT2D eigenvalue weighted by molar-refractivity contribution is -0.144. The van der Waals surface area contributed by atoms with E-state index in [2.05, 4.69) is 5.32 Å². The second-order valence-corrected chi connectivity index (χ2v) is 6.27. The Hall–Kier alpha value is -2.57. The minimum atomic E-state index is -1.11. The summed E-state index contributed by atoms with van der Waals surface area (Å²) >= 11 is 0. The van der Waals surface area contributed by atoms with Gasteiger partial charge in [-0.15, -0.1) is 0 Å². The summed E-state index contributed by atoms with van der Waals surface area (Å²) in [6, 6.07) is 8.14. The summed E-state index contributed by atoms with van der Waals surface area (Å²) in [5.41, 5.74) is 0.824. The predicted molar refractivity (Wildman–Crippen MR) is 100 cm³/mol. The molecule has 0 aliphatic rings. The second-order valence-electron chi connectivity index (χ2n) is 6.27. The van der Waals surface area contributed by atoms with Crippen LogP contribution in [0.25, 0.3) is 0 Å². The highest BCUT2D eigenvalue weighted by Crippen LogP contribution is 2.08. The molecule has 0 saturated carbocycles. The fourth-order valence-corrected chi connectivity index (χ4v) is 2.36. The number of unbranched alkanes of at least 4 members (excludes halogenated alkanes) is 3. The van der Waals surface area contributed by atoms with Crippen LogP contribution in [0.3, 0.4) is 0 Å². The van der Waals surface area contributed by atoms with Gasteiger partial charge in [-0.2, -0.15) is 0 Å². The van der Waals surface area contributed by atoms with Crippen molar-refractivity contribution in [2.24, 2.45) is 0 Å². The van der Waals surface area contributed by atoms with Crippen LogP contribution in [0.4, 0.5) is 4.79 Å². The number of alkyl carbamates (subject to hydrolysis) is 1. The number of hydrogen-bond acceptors (Lipinski definition) is 5. The number of carbonyl (C=O) groups is 3. The van der Waals surface area contributed by atoms with E-state index >= 15 is 0 Å². The van der Waals surface area contributed by atoms with Gasteiger partial charge in [0.15, 0.2) is 0 Å². The Morgan fingerprint density at radius 1 is 1.04 bits per heavy atom. The maximum absolute atomic E-state index is 11.8. The van der Waals surface area contributed by atoms with Crippen LogP contribution in [-0.2, 0) is 25.7 Å². The van der Waals surface area contributed by atoms with Crippen molar-refractivity contribution in [3.63, 3.8) is 0 Å². The third kappa shape index (κ3) is 10.9. The van der Waals surface area contributed by atoms with Gasteiger partial charge in [0.05, 0.1) is 6.61 Å². The number of ether oxygens (including phenoxy) is 2. The van der Waals surface area contributed by atoms with Crippen LogP contribution >= 0.6 is 0 Å². The largest absolute Gasteiger partial charge is 0.480 e. The molecule has 0 unspecified atom stereocenters. The van der Waals surface area contributed by atoms with Crippen molar-refractivity contribution in [1.82, 2.24) is 5.32 Å². The number of benzene rings is 1. The van der Waals surface area contributed by atoms with Gasteiger partial charge in [-0.3, -0.25) is 4.79 Å². The van der Waals surface area contributed by atoms with E-state index in [1.165, 1.54) is 0 Å². The van der Waals surface area contributed by atoms with E-state index in [9.17, 15) is 19.5 Å². The normalized spacial score (nSPS) is 11.4. The molecule has 2 N–H and O–H groups in total. The van der Waals surface area contributed by atoms with Crippen LogP contribution in [0.2, 0.25) is 0 Å². The molecule has 0 fully saturated rings. The van der Waals surface area contributed by atoms with E-state index in [1.807, 2.05) is 37.3 Å². The first-order valence-electron chi connectivity index (χ1n) is 9.38. The lowest BCUT2D eigenvalue weighted by Crippen LogP contribution is -2.41. The topological polar surface area (TPSA) is 102 Å². The highest BCUT2D eigenvalue weighted by Gasteiger charge is 2.20. The standard InChI is InChI=1S/C20H29NO6/c1-2-3-14-26-18(22)13-9-5-8-12-17(19(23)24)21-20(25)27-15-16-10-6-4-7-11-16/h4,6-7,10-11,17H,2-3,5,8-9,12-15H2,1H3,(H,21,25)(H,23,24)/t17-/m0/s1. The van der Waals surface area contributed by atoms with Crippen molar-refractivity contribution < 1.29 is 29.0 Å². The first-order chi connectivity index (χ1) is 13.0. The Labute approximate surface area is 160 Å². The molecular weight excluding hydrogens is 350 g/mol. The molecule has 1 aromatic carbocycles. The van der Waals surface area contributed by atoms with E-state index < -0.39 is 18.1 Å². The van der Waals surface area contributed by atoms with Crippen molar-refractivity contribution in [3.8, 4) is 0 Å². The fraction of sp³-hybridized carbons (Fsp3) is 0.550. The molecule has 27 heavy (non-hydrogen) atoms. The van der Waals surface area contributed by atoms with Gasteiger partial charge in [-0.1, -0.05) is 56.5 Å². The van der Waals surface area contributed by atoms with Crippen molar-refractivity contribution in [1.29, 1.82) is 0 Å². The monoisotopic (exact) mass is 379 g/mol. The molecule has 0 spiro atoms. The number of nitrogens with one attached hydrogen (secondary N) is 1. The number of carboxylic acid groups (broad SMARTS) is 1. The van der Waals surface area contributed by atoms with Gasteiger partial charge in [0, 0.05) is 6.42 Å². The maximum atomic E-state index is 11.8. The molecule has 150 valence electrons. The van der Waals surface area contributed by atoms with E-state index in [0.717, 1.165) is 18.4 Å². The van der Waals surface area contributed by atoms with Gasteiger partial charge in [0.1, 0.15) is 12.6 Å². The first kappa shape index (κ1) is 22.5. The number of esters is 1. The smallest absolute Gasteiger partial charge is 0.408 e. The summed E-state index contributed by atoms with van der Waals surface area (Å²) in [5, 5.41) is 11.6. The molecular formula is C20H29NO6. The third-order valence-corrected chi connectivity index (χ3v) is 3.94. The average Bonchev–Trinajstić information content (AvgIpc) is 2.66. The molecule has 1 rings (SSSR count). The molecule has 1 amide bonds. The zero-order valence-electron chi connectivity index (χ0n) is 15.8.